The van der Waals surface area contributed by atoms with Crippen LogP contribution < -0.4 is 10.8 Å². The Balaban J connectivity index is 2.23. The average molecular weight is 290 g/mol. The van der Waals surface area contributed by atoms with Gasteiger partial charge < -0.3 is 14.6 Å². The molecule has 4 nitrogen and oxygen atoms in total. The Kier molecular flexibility index (Phi) is 3.88. The average Bonchev–Trinajstić information content (AvgIpc) is 2.45. The lowest BCUT2D eigenvalue weighted by atomic mass is 9.77. The van der Waals surface area contributed by atoms with Crippen LogP contribution in [0.3, 0.4) is 0 Å². The Labute approximate surface area is 128 Å². The maximum absolute atomic E-state index is 6.09. The van der Waals surface area contributed by atoms with E-state index < -0.39 is 0 Å². The lowest BCUT2D eigenvalue weighted by Gasteiger charge is -2.32. The van der Waals surface area contributed by atoms with Crippen molar-refractivity contribution in [1.29, 1.82) is 0 Å². The van der Waals surface area contributed by atoms with Crippen LogP contribution in [0.15, 0.2) is 12.3 Å². The maximum Gasteiger partial charge on any atom is 0.496 e. The van der Waals surface area contributed by atoms with Gasteiger partial charge in [0, 0.05) is 17.2 Å². The molecule has 1 N–H and O–H groups in total. The van der Waals surface area contributed by atoms with Crippen LogP contribution in [0.25, 0.3) is 0 Å². The molecule has 2 rings (SSSR count). The van der Waals surface area contributed by atoms with Gasteiger partial charge in [-0.15, -0.1) is 0 Å². The fourth-order valence-corrected chi connectivity index (χ4v) is 2.24. The molecule has 0 amide bonds. The molecule has 21 heavy (non-hydrogen) atoms. The predicted octanol–water partition coefficient (Wildman–Crippen LogP) is 2.90. The molecule has 0 aliphatic carbocycles. The third-order valence-corrected chi connectivity index (χ3v) is 4.16. The van der Waals surface area contributed by atoms with Crippen molar-refractivity contribution < 1.29 is 9.31 Å². The summed E-state index contributed by atoms with van der Waals surface area (Å²) in [5, 5.41) is 3.38. The molecule has 2 heterocycles. The molecule has 0 saturated carbocycles. The molecule has 0 bridgehead atoms. The van der Waals surface area contributed by atoms with Crippen molar-refractivity contribution in [3.63, 3.8) is 0 Å². The number of hydrogen-bond acceptors (Lipinski definition) is 4. The molecule has 0 radical (unpaired) electrons. The van der Waals surface area contributed by atoms with Crippen LogP contribution in [0.5, 0.6) is 0 Å². The first-order valence-electron chi connectivity index (χ1n) is 7.52. The molecule has 1 aliphatic heterocycles. The highest BCUT2D eigenvalue weighted by Gasteiger charge is 2.52. The number of hydrogen-bond donors (Lipinski definition) is 1. The summed E-state index contributed by atoms with van der Waals surface area (Å²) >= 11 is 0. The van der Waals surface area contributed by atoms with Gasteiger partial charge in [-0.3, -0.25) is 0 Å². The maximum atomic E-state index is 6.09. The lowest BCUT2D eigenvalue weighted by molar-refractivity contribution is 0.00578. The summed E-state index contributed by atoms with van der Waals surface area (Å²) in [6.45, 7) is 16.7. The van der Waals surface area contributed by atoms with Gasteiger partial charge in [0.2, 0.25) is 0 Å². The van der Waals surface area contributed by atoms with Gasteiger partial charge >= 0.3 is 7.12 Å². The SMILES string of the molecule is Cc1cc(NC(C)(C)C)ncc1B1OC(C)(C)C(C)(C)O1. The predicted molar refractivity (Wildman–Crippen MR) is 88.1 cm³/mol. The molecule has 0 atom stereocenters. The number of nitrogens with zero attached hydrogens (tertiary/aromatic N) is 1. The molecule has 0 aromatic carbocycles. The van der Waals surface area contributed by atoms with E-state index in [0.717, 1.165) is 16.8 Å². The minimum absolute atomic E-state index is 0.00863. The van der Waals surface area contributed by atoms with Crippen molar-refractivity contribution in [3.8, 4) is 0 Å². The third kappa shape index (κ3) is 3.41. The summed E-state index contributed by atoms with van der Waals surface area (Å²) < 4.78 is 12.2. The van der Waals surface area contributed by atoms with E-state index in [-0.39, 0.29) is 23.9 Å². The number of nitrogens with one attached hydrogen (secondary N) is 1. The highest BCUT2D eigenvalue weighted by molar-refractivity contribution is 6.62. The minimum atomic E-state index is -0.355. The smallest absolute Gasteiger partial charge is 0.399 e. The second-order valence-corrected chi connectivity index (χ2v) is 7.89. The molecule has 5 heteroatoms. The molecule has 1 fully saturated rings. The molecule has 1 aromatic rings. The van der Waals surface area contributed by atoms with Crippen LogP contribution >= 0.6 is 0 Å². The topological polar surface area (TPSA) is 43.4 Å². The van der Waals surface area contributed by atoms with Crippen molar-refractivity contribution in [2.75, 3.05) is 5.32 Å². The van der Waals surface area contributed by atoms with E-state index in [1.807, 2.05) is 12.3 Å². The summed E-state index contributed by atoms with van der Waals surface area (Å²) in [6.07, 6.45) is 1.85. The third-order valence-electron chi connectivity index (χ3n) is 4.16. The largest absolute Gasteiger partial charge is 0.496 e. The normalized spacial score (nSPS) is 20.7. The lowest BCUT2D eigenvalue weighted by Crippen LogP contribution is -2.41. The first-order valence-corrected chi connectivity index (χ1v) is 7.52. The van der Waals surface area contributed by atoms with Crippen LogP contribution in [0.1, 0.15) is 54.0 Å². The van der Waals surface area contributed by atoms with Gasteiger partial charge in [-0.1, -0.05) is 0 Å². The Bertz CT molecular complexity index is 520. The molecule has 1 aromatic heterocycles. The molecular weight excluding hydrogens is 263 g/mol. The van der Waals surface area contributed by atoms with E-state index in [1.54, 1.807) is 0 Å². The van der Waals surface area contributed by atoms with E-state index in [4.69, 9.17) is 9.31 Å². The Morgan fingerprint density at radius 3 is 2.05 bits per heavy atom. The Morgan fingerprint density at radius 1 is 1.10 bits per heavy atom. The zero-order valence-corrected chi connectivity index (χ0v) is 14.5. The molecular formula is C16H27BN2O2. The molecule has 1 aliphatic rings. The van der Waals surface area contributed by atoms with E-state index in [0.29, 0.717) is 0 Å². The van der Waals surface area contributed by atoms with Crippen LogP contribution in [0.4, 0.5) is 5.82 Å². The number of rotatable bonds is 2. The van der Waals surface area contributed by atoms with Gasteiger partial charge in [-0.2, -0.15) is 0 Å². The van der Waals surface area contributed by atoms with E-state index in [9.17, 15) is 0 Å². The summed E-state index contributed by atoms with van der Waals surface area (Å²) in [7, 11) is -0.355. The van der Waals surface area contributed by atoms with Crippen LogP contribution in [0, 0.1) is 6.92 Å². The number of anilines is 1. The van der Waals surface area contributed by atoms with E-state index >= 15 is 0 Å². The number of pyridine rings is 1. The number of aromatic nitrogens is 1. The standard InChI is InChI=1S/C16H27BN2O2/c1-11-9-13(19-14(2,3)4)18-10-12(11)17-20-15(5,6)16(7,8)21-17/h9-10H,1-8H3,(H,18,19). The molecule has 0 spiro atoms. The fourth-order valence-electron chi connectivity index (χ4n) is 2.24. The van der Waals surface area contributed by atoms with Crippen LogP contribution in [0.2, 0.25) is 0 Å². The zero-order valence-electron chi connectivity index (χ0n) is 14.5. The molecule has 116 valence electrons. The van der Waals surface area contributed by atoms with Gasteiger partial charge in [-0.25, -0.2) is 4.98 Å². The zero-order chi connectivity index (χ0) is 16.1. The quantitative estimate of drug-likeness (QED) is 0.851. The minimum Gasteiger partial charge on any atom is -0.399 e. The summed E-state index contributed by atoms with van der Waals surface area (Å²) in [5.74, 6) is 0.875. The second-order valence-electron chi connectivity index (χ2n) is 7.89. The van der Waals surface area contributed by atoms with E-state index in [1.165, 1.54) is 0 Å². The summed E-state index contributed by atoms with van der Waals surface area (Å²) in [4.78, 5) is 4.49. The Hall–Kier alpha value is -1.07. The van der Waals surface area contributed by atoms with Crippen molar-refractivity contribution >= 4 is 18.4 Å². The highest BCUT2D eigenvalue weighted by Crippen LogP contribution is 2.36. The van der Waals surface area contributed by atoms with Gasteiger partial charge in [-0.05, 0) is 67.0 Å². The second kappa shape index (κ2) is 4.99. The van der Waals surface area contributed by atoms with Crippen molar-refractivity contribution in [1.82, 2.24) is 4.98 Å². The highest BCUT2D eigenvalue weighted by atomic mass is 16.7. The molecule has 1 saturated heterocycles. The van der Waals surface area contributed by atoms with Crippen molar-refractivity contribution in [2.45, 2.75) is 72.1 Å². The van der Waals surface area contributed by atoms with E-state index in [2.05, 4.69) is 65.7 Å². The first-order chi connectivity index (χ1) is 9.41. The first kappa shape index (κ1) is 16.3. The van der Waals surface area contributed by atoms with Gasteiger partial charge in [0.15, 0.2) is 0 Å². The van der Waals surface area contributed by atoms with Gasteiger partial charge in [0.1, 0.15) is 5.82 Å². The summed E-state index contributed by atoms with van der Waals surface area (Å²) in [6, 6.07) is 2.05. The monoisotopic (exact) mass is 290 g/mol. The van der Waals surface area contributed by atoms with Gasteiger partial charge in [0.05, 0.1) is 11.2 Å². The van der Waals surface area contributed by atoms with Gasteiger partial charge in [0.25, 0.3) is 0 Å². The van der Waals surface area contributed by atoms with Crippen molar-refractivity contribution in [2.24, 2.45) is 0 Å². The Morgan fingerprint density at radius 2 is 1.62 bits per heavy atom. The van der Waals surface area contributed by atoms with Crippen LogP contribution in [-0.2, 0) is 9.31 Å². The molecule has 0 unspecified atom stereocenters. The summed E-state index contributed by atoms with van der Waals surface area (Å²) in [5.41, 5.74) is 1.45. The van der Waals surface area contributed by atoms with Crippen LogP contribution in [-0.4, -0.2) is 28.8 Å². The fraction of sp³-hybridized carbons (Fsp3) is 0.688. The van der Waals surface area contributed by atoms with Crippen molar-refractivity contribution in [3.05, 3.63) is 17.8 Å². The number of aryl methyl sites for hydroxylation is 1.